The molecule has 0 amide bonds. The summed E-state index contributed by atoms with van der Waals surface area (Å²) in [5, 5.41) is 0. The van der Waals surface area contributed by atoms with E-state index in [0.717, 1.165) is 49.5 Å². The molecule has 2 aliphatic heterocycles. The van der Waals surface area contributed by atoms with Gasteiger partial charge in [0.1, 0.15) is 6.61 Å². The smallest absolute Gasteiger partial charge is 0.332 e. The van der Waals surface area contributed by atoms with Gasteiger partial charge in [-0.3, -0.25) is 0 Å². The summed E-state index contributed by atoms with van der Waals surface area (Å²) in [6, 6.07) is 0. The van der Waals surface area contributed by atoms with Gasteiger partial charge in [0.2, 0.25) is 0 Å². The highest BCUT2D eigenvalue weighted by Crippen LogP contribution is 2.71. The third kappa shape index (κ3) is 3.84. The lowest BCUT2D eigenvalue weighted by Crippen LogP contribution is -2.55. The first-order valence-corrected chi connectivity index (χ1v) is 15.3. The molecule has 6 fully saturated rings. The van der Waals surface area contributed by atoms with Gasteiger partial charge < -0.3 is 18.9 Å². The Morgan fingerprint density at radius 2 is 1.75 bits per heavy atom. The minimum Gasteiger partial charge on any atom is -0.464 e. The highest BCUT2D eigenvalue weighted by Gasteiger charge is 2.69. The van der Waals surface area contributed by atoms with Gasteiger partial charge in [-0.05, 0) is 111 Å². The molecule has 12 atom stereocenters. The molecule has 0 bridgehead atoms. The molecule has 0 aromatic rings. The third-order valence-corrected chi connectivity index (χ3v) is 12.6. The van der Waals surface area contributed by atoms with Crippen LogP contribution in [0.3, 0.4) is 0 Å². The molecule has 5 nitrogen and oxygen atoms in total. The fraction of sp³-hybridized carbons (Fsp3) is 0.968. The summed E-state index contributed by atoms with van der Waals surface area (Å²) in [7, 11) is 0. The van der Waals surface area contributed by atoms with Crippen LogP contribution in [0.1, 0.15) is 98.8 Å². The van der Waals surface area contributed by atoms with E-state index in [1.165, 1.54) is 44.9 Å². The lowest BCUT2D eigenvalue weighted by molar-refractivity contribution is -0.273. The van der Waals surface area contributed by atoms with Gasteiger partial charge in [-0.25, -0.2) is 4.79 Å². The molecule has 204 valence electrons. The van der Waals surface area contributed by atoms with Crippen molar-refractivity contribution in [3.05, 3.63) is 0 Å². The van der Waals surface area contributed by atoms with Crippen molar-refractivity contribution in [2.45, 2.75) is 117 Å². The van der Waals surface area contributed by atoms with E-state index in [0.29, 0.717) is 41.3 Å². The van der Waals surface area contributed by atoms with E-state index in [9.17, 15) is 4.79 Å². The zero-order chi connectivity index (χ0) is 25.3. The Bertz CT molecular complexity index is 835. The number of ether oxygens (including phenoxy) is 4. The maximum atomic E-state index is 11.8. The first kappa shape index (κ1) is 25.6. The van der Waals surface area contributed by atoms with Crippen LogP contribution in [0, 0.1) is 52.3 Å². The Hall–Kier alpha value is -0.650. The van der Waals surface area contributed by atoms with Gasteiger partial charge in [0.05, 0.1) is 25.4 Å². The zero-order valence-electron chi connectivity index (χ0n) is 23.4. The van der Waals surface area contributed by atoms with E-state index in [1.807, 2.05) is 6.92 Å². The fourth-order valence-corrected chi connectivity index (χ4v) is 10.8. The SMILES string of the molecule is CCOC(=O)CO[C@H]1CC[C@@]2(C)[C@H](CC[C@@H]3[C@@H]2CC[C@]2(C)[C@@H]4[C@H](C[C@@H]32)O[C@]2(CC[C@H](C)CO2)[C@H]4C)C1. The van der Waals surface area contributed by atoms with Crippen molar-refractivity contribution in [3.8, 4) is 0 Å². The molecule has 4 saturated carbocycles. The van der Waals surface area contributed by atoms with Crippen molar-refractivity contribution in [1.29, 1.82) is 0 Å². The Morgan fingerprint density at radius 1 is 0.944 bits per heavy atom. The number of esters is 1. The number of fused-ring (bicyclic) bond motifs is 7. The second-order valence-corrected chi connectivity index (χ2v) is 14.2. The Labute approximate surface area is 218 Å². The van der Waals surface area contributed by atoms with E-state index in [2.05, 4.69) is 27.7 Å². The minimum absolute atomic E-state index is 0.111. The highest BCUT2D eigenvalue weighted by atomic mass is 16.7. The summed E-state index contributed by atoms with van der Waals surface area (Å²) in [6.45, 7) is 13.3. The molecule has 4 aliphatic carbocycles. The zero-order valence-corrected chi connectivity index (χ0v) is 23.4. The first-order chi connectivity index (χ1) is 17.2. The molecule has 2 heterocycles. The predicted octanol–water partition coefficient (Wildman–Crippen LogP) is 6.38. The van der Waals surface area contributed by atoms with Crippen LogP contribution < -0.4 is 0 Å². The largest absolute Gasteiger partial charge is 0.464 e. The number of hydrogen-bond acceptors (Lipinski definition) is 5. The molecule has 0 N–H and O–H groups in total. The Morgan fingerprint density at radius 3 is 2.50 bits per heavy atom. The normalized spacial score (nSPS) is 53.9. The second kappa shape index (κ2) is 9.23. The molecule has 0 radical (unpaired) electrons. The topological polar surface area (TPSA) is 54.0 Å². The summed E-state index contributed by atoms with van der Waals surface area (Å²) >= 11 is 0. The number of carbonyl (C=O) groups excluding carboxylic acids is 1. The summed E-state index contributed by atoms with van der Waals surface area (Å²) in [5.41, 5.74) is 0.812. The molecule has 0 aromatic heterocycles. The minimum atomic E-state index is -0.307. The number of hydrogen-bond donors (Lipinski definition) is 0. The number of rotatable bonds is 4. The Balaban J connectivity index is 1.14. The first-order valence-electron chi connectivity index (χ1n) is 15.3. The maximum Gasteiger partial charge on any atom is 0.332 e. The molecule has 2 saturated heterocycles. The van der Waals surface area contributed by atoms with Crippen molar-refractivity contribution in [2.75, 3.05) is 19.8 Å². The van der Waals surface area contributed by atoms with Crippen LogP contribution in [0.25, 0.3) is 0 Å². The summed E-state index contributed by atoms with van der Waals surface area (Å²) < 4.78 is 24.6. The van der Waals surface area contributed by atoms with Gasteiger partial charge in [-0.15, -0.1) is 0 Å². The second-order valence-electron chi connectivity index (χ2n) is 14.2. The van der Waals surface area contributed by atoms with Gasteiger partial charge >= 0.3 is 5.97 Å². The molecule has 6 rings (SSSR count). The van der Waals surface area contributed by atoms with Crippen LogP contribution in [-0.4, -0.2) is 43.8 Å². The molecule has 0 unspecified atom stereocenters. The fourth-order valence-electron chi connectivity index (χ4n) is 10.8. The lowest BCUT2D eigenvalue weighted by atomic mass is 9.44. The highest BCUT2D eigenvalue weighted by molar-refractivity contribution is 5.70. The van der Waals surface area contributed by atoms with E-state index < -0.39 is 0 Å². The van der Waals surface area contributed by atoms with Crippen molar-refractivity contribution >= 4 is 5.97 Å². The molecule has 0 aromatic carbocycles. The van der Waals surface area contributed by atoms with Crippen molar-refractivity contribution in [1.82, 2.24) is 0 Å². The van der Waals surface area contributed by atoms with Gasteiger partial charge in [-0.1, -0.05) is 27.7 Å². The molecule has 5 heteroatoms. The standard InChI is InChI=1S/C31H50O5/c1-6-33-27(32)18-34-22-10-12-29(4)21(15-22)7-8-23-24(29)11-13-30(5)25(23)16-26-28(30)20(3)31(36-26)14-9-19(2)17-35-31/h19-26,28H,6-18H2,1-5H3/t19-,20-,21+,22-,23+,24-,25-,26-,28-,29-,30-,31+/m0/s1. The number of carbonyl (C=O) groups is 1. The van der Waals surface area contributed by atoms with Gasteiger partial charge in [-0.2, -0.15) is 0 Å². The summed E-state index contributed by atoms with van der Waals surface area (Å²) in [5.74, 6) is 4.46. The van der Waals surface area contributed by atoms with Crippen LogP contribution in [0.4, 0.5) is 0 Å². The van der Waals surface area contributed by atoms with Crippen LogP contribution in [0.5, 0.6) is 0 Å². The Kier molecular flexibility index (Phi) is 6.57. The van der Waals surface area contributed by atoms with E-state index in [1.54, 1.807) is 0 Å². The van der Waals surface area contributed by atoms with E-state index >= 15 is 0 Å². The average molecular weight is 503 g/mol. The molecule has 36 heavy (non-hydrogen) atoms. The molecular formula is C31H50O5. The van der Waals surface area contributed by atoms with Crippen LogP contribution >= 0.6 is 0 Å². The van der Waals surface area contributed by atoms with E-state index in [4.69, 9.17) is 18.9 Å². The summed E-state index contributed by atoms with van der Waals surface area (Å²) in [6.07, 6.45) is 13.0. The molecular weight excluding hydrogens is 452 g/mol. The van der Waals surface area contributed by atoms with E-state index in [-0.39, 0.29) is 24.5 Å². The predicted molar refractivity (Wildman–Crippen MR) is 138 cm³/mol. The van der Waals surface area contributed by atoms with Crippen molar-refractivity contribution < 1.29 is 23.7 Å². The monoisotopic (exact) mass is 502 g/mol. The van der Waals surface area contributed by atoms with Crippen molar-refractivity contribution in [3.63, 3.8) is 0 Å². The average Bonchev–Trinajstić information content (AvgIpc) is 3.30. The summed E-state index contributed by atoms with van der Waals surface area (Å²) in [4.78, 5) is 11.8. The van der Waals surface area contributed by atoms with Gasteiger partial charge in [0, 0.05) is 12.3 Å². The molecule has 1 spiro atoms. The van der Waals surface area contributed by atoms with Crippen molar-refractivity contribution in [2.24, 2.45) is 52.3 Å². The van der Waals surface area contributed by atoms with Crippen LogP contribution in [-0.2, 0) is 23.7 Å². The maximum absolute atomic E-state index is 11.8. The lowest BCUT2D eigenvalue weighted by Gasteiger charge is -2.61. The van der Waals surface area contributed by atoms with Gasteiger partial charge in [0.15, 0.2) is 5.79 Å². The van der Waals surface area contributed by atoms with Gasteiger partial charge in [0.25, 0.3) is 0 Å². The van der Waals surface area contributed by atoms with Crippen LogP contribution in [0.15, 0.2) is 0 Å². The van der Waals surface area contributed by atoms with Crippen LogP contribution in [0.2, 0.25) is 0 Å². The quantitative estimate of drug-likeness (QED) is 0.418. The molecule has 6 aliphatic rings. The third-order valence-electron chi connectivity index (χ3n) is 12.6.